The number of likely N-dealkylation sites (tertiary alicyclic amines) is 1. The van der Waals surface area contributed by atoms with Crippen molar-refractivity contribution in [3.05, 3.63) is 41.7 Å². The first-order valence-electron chi connectivity index (χ1n) is 10.8. The van der Waals surface area contributed by atoms with Crippen LogP contribution in [0.5, 0.6) is 0 Å². The minimum absolute atomic E-state index is 0.0904. The number of nitrogens with zero attached hydrogens (tertiary/aromatic N) is 3. The number of anilines is 1. The third-order valence-corrected chi connectivity index (χ3v) is 6.48. The van der Waals surface area contributed by atoms with Crippen molar-refractivity contribution >= 4 is 27.5 Å². The maximum Gasteiger partial charge on any atom is 0.216 e. The lowest BCUT2D eigenvalue weighted by Crippen LogP contribution is -2.46. The van der Waals surface area contributed by atoms with Gasteiger partial charge in [-0.25, -0.2) is 4.39 Å². The fourth-order valence-electron chi connectivity index (χ4n) is 5.21. The molecule has 2 N–H and O–H groups in total. The number of fused-ring (bicyclic) bond motifs is 4. The van der Waals surface area contributed by atoms with Crippen molar-refractivity contribution in [2.24, 2.45) is 5.92 Å². The molecule has 0 spiro atoms. The van der Waals surface area contributed by atoms with Crippen molar-refractivity contribution in [3.8, 4) is 6.07 Å². The number of halogens is 1. The second kappa shape index (κ2) is 7.20. The highest BCUT2D eigenvalue weighted by atomic mass is 19.1. The lowest BCUT2D eigenvalue weighted by atomic mass is 10.0. The lowest BCUT2D eigenvalue weighted by molar-refractivity contribution is -0.241. The van der Waals surface area contributed by atoms with E-state index in [2.05, 4.69) is 16.0 Å². The Morgan fingerprint density at radius 1 is 1.29 bits per heavy atom. The zero-order valence-electron chi connectivity index (χ0n) is 18.0. The maximum absolute atomic E-state index is 15.4. The molecule has 3 atom stereocenters. The van der Waals surface area contributed by atoms with Crippen molar-refractivity contribution in [2.45, 2.75) is 45.2 Å². The largest absolute Gasteiger partial charge is 0.367 e. The number of aliphatic hydroxyl groups is 1. The molecule has 2 aromatic carbocycles. The van der Waals surface area contributed by atoms with E-state index in [4.69, 9.17) is 4.74 Å². The zero-order chi connectivity index (χ0) is 21.9. The van der Waals surface area contributed by atoms with Crippen LogP contribution in [-0.2, 0) is 4.74 Å². The summed E-state index contributed by atoms with van der Waals surface area (Å²) < 4.78 is 21.2. The van der Waals surface area contributed by atoms with Crippen molar-refractivity contribution in [1.82, 2.24) is 9.88 Å². The Morgan fingerprint density at radius 2 is 2.06 bits per heavy atom. The Hall–Kier alpha value is -2.66. The Kier molecular flexibility index (Phi) is 4.70. The molecule has 3 aromatic rings. The summed E-state index contributed by atoms with van der Waals surface area (Å²) in [6.07, 6.45) is -0.0467. The first-order valence-corrected chi connectivity index (χ1v) is 10.8. The normalized spacial score (nSPS) is 22.9. The molecular formula is C24H27FN4O2. The molecule has 7 heteroatoms. The molecule has 0 radical (unpaired) electrons. The van der Waals surface area contributed by atoms with Crippen molar-refractivity contribution in [3.63, 3.8) is 0 Å². The zero-order valence-corrected chi connectivity index (χ0v) is 18.0. The molecule has 0 bridgehead atoms. The molecule has 2 saturated heterocycles. The Morgan fingerprint density at radius 3 is 2.81 bits per heavy atom. The Balaban J connectivity index is 1.54. The summed E-state index contributed by atoms with van der Waals surface area (Å²) in [5.41, 5.74) is 1.95. The van der Waals surface area contributed by atoms with Crippen molar-refractivity contribution in [2.75, 3.05) is 24.5 Å². The smallest absolute Gasteiger partial charge is 0.216 e. The monoisotopic (exact) mass is 422 g/mol. The van der Waals surface area contributed by atoms with Crippen LogP contribution in [0, 0.1) is 23.1 Å². The highest BCUT2D eigenvalue weighted by Crippen LogP contribution is 2.42. The molecule has 2 aliphatic rings. The number of aromatic nitrogens is 1. The van der Waals surface area contributed by atoms with E-state index in [0.717, 1.165) is 29.3 Å². The average Bonchev–Trinajstić information content (AvgIpc) is 3.38. The van der Waals surface area contributed by atoms with Gasteiger partial charge in [-0.3, -0.25) is 4.90 Å². The van der Waals surface area contributed by atoms with Gasteiger partial charge in [-0.15, -0.1) is 0 Å². The number of hydrogen-bond acceptors (Lipinski definition) is 5. The summed E-state index contributed by atoms with van der Waals surface area (Å²) >= 11 is 0. The number of aliphatic hydroxyl groups excluding tert-OH is 1. The summed E-state index contributed by atoms with van der Waals surface area (Å²) in [4.78, 5) is 7.37. The highest BCUT2D eigenvalue weighted by Gasteiger charge is 2.45. The molecule has 2 aliphatic heterocycles. The molecule has 6 nitrogen and oxygen atoms in total. The minimum Gasteiger partial charge on any atom is -0.367 e. The number of nitrogens with one attached hydrogen (secondary N) is 1. The average molecular weight is 423 g/mol. The molecule has 2 fully saturated rings. The van der Waals surface area contributed by atoms with Gasteiger partial charge in [0.1, 0.15) is 11.9 Å². The summed E-state index contributed by atoms with van der Waals surface area (Å²) in [7, 11) is 0. The van der Waals surface area contributed by atoms with E-state index in [1.54, 1.807) is 0 Å². The molecular weight excluding hydrogens is 395 g/mol. The first-order chi connectivity index (χ1) is 14.8. The minimum atomic E-state index is -0.978. The summed E-state index contributed by atoms with van der Waals surface area (Å²) in [5, 5.41) is 21.9. The van der Waals surface area contributed by atoms with Crippen LogP contribution in [0.15, 0.2) is 30.3 Å². The number of aromatic amines is 1. The number of hydrogen-bond donors (Lipinski definition) is 2. The van der Waals surface area contributed by atoms with E-state index in [1.165, 1.54) is 6.07 Å². The van der Waals surface area contributed by atoms with Gasteiger partial charge < -0.3 is 19.7 Å². The van der Waals surface area contributed by atoms with E-state index in [-0.39, 0.29) is 11.9 Å². The van der Waals surface area contributed by atoms with Crippen LogP contribution in [-0.4, -0.2) is 52.7 Å². The molecule has 3 heterocycles. The second-order valence-corrected chi connectivity index (χ2v) is 9.60. The molecule has 31 heavy (non-hydrogen) atoms. The van der Waals surface area contributed by atoms with E-state index in [9.17, 15) is 10.4 Å². The quantitative estimate of drug-likeness (QED) is 0.626. The van der Waals surface area contributed by atoms with Crippen LogP contribution in [0.2, 0.25) is 0 Å². The standard InChI is InChI=1S/C24H27FN4O2/c1-24(2,3)31-23(30)29-9-8-14-12-28(13-19(14)29)22-17(25)10-15(11-26)21-20(22)16-6-4-5-7-18(16)27-21/h4-7,10,14,19,23,27,30H,8-9,12-13H2,1-3H3. The van der Waals surface area contributed by atoms with E-state index in [0.29, 0.717) is 35.8 Å². The van der Waals surface area contributed by atoms with Gasteiger partial charge in [-0.1, -0.05) is 18.2 Å². The van der Waals surface area contributed by atoms with Gasteiger partial charge in [-0.2, -0.15) is 5.26 Å². The van der Waals surface area contributed by atoms with Crippen LogP contribution < -0.4 is 4.90 Å². The first kappa shape index (κ1) is 20.3. The van der Waals surface area contributed by atoms with Gasteiger partial charge in [-0.05, 0) is 45.2 Å². The highest BCUT2D eigenvalue weighted by molar-refractivity contribution is 6.15. The third kappa shape index (κ3) is 3.35. The fourth-order valence-corrected chi connectivity index (χ4v) is 5.21. The van der Waals surface area contributed by atoms with Gasteiger partial charge in [0.25, 0.3) is 0 Å². The summed E-state index contributed by atoms with van der Waals surface area (Å²) in [5.74, 6) is -0.0552. The number of benzene rings is 2. The number of H-pyrrole nitrogens is 1. The van der Waals surface area contributed by atoms with Crippen LogP contribution in [0.3, 0.4) is 0 Å². The predicted molar refractivity (Wildman–Crippen MR) is 118 cm³/mol. The summed E-state index contributed by atoms with van der Waals surface area (Å²) in [6, 6.07) is 11.3. The topological polar surface area (TPSA) is 75.5 Å². The van der Waals surface area contributed by atoms with Crippen LogP contribution in [0.4, 0.5) is 10.1 Å². The maximum atomic E-state index is 15.4. The summed E-state index contributed by atoms with van der Waals surface area (Å²) in [6.45, 7) is 7.84. The van der Waals surface area contributed by atoms with Crippen molar-refractivity contribution in [1.29, 1.82) is 5.26 Å². The van der Waals surface area contributed by atoms with Gasteiger partial charge in [0.15, 0.2) is 0 Å². The SMILES string of the molecule is CC(C)(C)OC(O)N1CCC2CN(c3c(F)cc(C#N)c4[nH]c5ccccc5c34)CC21. The number of rotatable bonds is 3. The van der Waals surface area contributed by atoms with Crippen LogP contribution in [0.25, 0.3) is 21.8 Å². The van der Waals surface area contributed by atoms with Gasteiger partial charge >= 0.3 is 0 Å². The Bertz CT molecular complexity index is 1190. The molecule has 5 rings (SSSR count). The number of para-hydroxylation sites is 1. The molecule has 3 unspecified atom stereocenters. The lowest BCUT2D eigenvalue weighted by Gasteiger charge is -2.33. The van der Waals surface area contributed by atoms with Crippen molar-refractivity contribution < 1.29 is 14.2 Å². The van der Waals surface area contributed by atoms with Crippen LogP contribution >= 0.6 is 0 Å². The molecule has 0 aliphatic carbocycles. The Labute approximate surface area is 180 Å². The van der Waals surface area contributed by atoms with Gasteiger partial charge in [0.05, 0.1) is 22.4 Å². The number of ether oxygens (including phenoxy) is 1. The van der Waals surface area contributed by atoms with E-state index in [1.807, 2.05) is 49.9 Å². The second-order valence-electron chi connectivity index (χ2n) is 9.60. The molecule has 162 valence electrons. The number of nitriles is 1. The predicted octanol–water partition coefficient (Wildman–Crippen LogP) is 3.93. The van der Waals surface area contributed by atoms with Gasteiger partial charge in [0, 0.05) is 42.0 Å². The third-order valence-electron chi connectivity index (χ3n) is 6.48. The van der Waals surface area contributed by atoms with E-state index >= 15 is 4.39 Å². The van der Waals surface area contributed by atoms with Crippen LogP contribution in [0.1, 0.15) is 32.8 Å². The van der Waals surface area contributed by atoms with E-state index < -0.39 is 12.0 Å². The van der Waals surface area contributed by atoms with Gasteiger partial charge in [0.2, 0.25) is 6.41 Å². The molecule has 0 saturated carbocycles. The fraction of sp³-hybridized carbons (Fsp3) is 0.458. The molecule has 0 amide bonds. The molecule has 1 aromatic heterocycles.